The number of nitrogens with zero attached hydrogens (tertiary/aromatic N) is 1. The molecule has 0 saturated carbocycles. The average Bonchev–Trinajstić information content (AvgIpc) is 2.45. The lowest BCUT2D eigenvalue weighted by Crippen LogP contribution is -2.45. The van der Waals surface area contributed by atoms with Gasteiger partial charge in [-0.25, -0.2) is 0 Å². The van der Waals surface area contributed by atoms with Crippen LogP contribution in [-0.2, 0) is 0 Å². The van der Waals surface area contributed by atoms with Crippen molar-refractivity contribution in [1.29, 1.82) is 5.26 Å². The Kier molecular flexibility index (Phi) is 3.63. The first-order valence-electron chi connectivity index (χ1n) is 4.86. The number of rotatable bonds is 3. The standard InChI is InChI=1S/C10H18N2S/c1-8(2)5-12-10(6-11)4-9(3)13-7-10/h8-9,12H,4-5,7H2,1-3H3. The Balaban J connectivity index is 2.47. The fraction of sp³-hybridized carbons (Fsp3) is 0.900. The SMILES string of the molecule is CC(C)CNC1(C#N)CSC(C)C1. The summed E-state index contributed by atoms with van der Waals surface area (Å²) in [4.78, 5) is 0. The molecule has 13 heavy (non-hydrogen) atoms. The Labute approximate surface area is 85.1 Å². The normalized spacial score (nSPS) is 33.6. The van der Waals surface area contributed by atoms with Crippen molar-refractivity contribution in [2.24, 2.45) is 5.92 Å². The molecule has 0 amide bonds. The topological polar surface area (TPSA) is 35.8 Å². The highest BCUT2D eigenvalue weighted by atomic mass is 32.2. The quantitative estimate of drug-likeness (QED) is 0.753. The van der Waals surface area contributed by atoms with E-state index in [1.165, 1.54) is 0 Å². The Hall–Kier alpha value is -0.200. The van der Waals surface area contributed by atoms with E-state index in [0.717, 1.165) is 18.7 Å². The van der Waals surface area contributed by atoms with Crippen LogP contribution in [0.3, 0.4) is 0 Å². The van der Waals surface area contributed by atoms with Crippen molar-refractivity contribution < 1.29 is 0 Å². The molecule has 2 atom stereocenters. The number of hydrogen-bond acceptors (Lipinski definition) is 3. The first-order chi connectivity index (χ1) is 6.08. The molecule has 74 valence electrons. The second-order valence-corrected chi connectivity index (χ2v) is 5.72. The molecule has 0 aromatic rings. The number of hydrogen-bond donors (Lipinski definition) is 1. The summed E-state index contributed by atoms with van der Waals surface area (Å²) in [5.74, 6) is 1.56. The van der Waals surface area contributed by atoms with Gasteiger partial charge in [0.05, 0.1) is 6.07 Å². The van der Waals surface area contributed by atoms with Gasteiger partial charge in [0, 0.05) is 11.0 Å². The minimum atomic E-state index is -0.242. The molecule has 3 heteroatoms. The molecule has 0 aromatic carbocycles. The van der Waals surface area contributed by atoms with Crippen LogP contribution in [0.25, 0.3) is 0 Å². The maximum absolute atomic E-state index is 9.12. The summed E-state index contributed by atoms with van der Waals surface area (Å²) in [5, 5.41) is 13.1. The first-order valence-corrected chi connectivity index (χ1v) is 5.91. The van der Waals surface area contributed by atoms with Gasteiger partial charge in [-0.2, -0.15) is 17.0 Å². The van der Waals surface area contributed by atoms with Crippen LogP contribution in [0, 0.1) is 17.2 Å². The highest BCUT2D eigenvalue weighted by Crippen LogP contribution is 2.33. The molecular formula is C10H18N2S. The van der Waals surface area contributed by atoms with Gasteiger partial charge in [-0.1, -0.05) is 20.8 Å². The molecule has 1 saturated heterocycles. The smallest absolute Gasteiger partial charge is 0.116 e. The number of thioether (sulfide) groups is 1. The summed E-state index contributed by atoms with van der Waals surface area (Å²) in [6.45, 7) is 7.48. The van der Waals surface area contributed by atoms with E-state index in [4.69, 9.17) is 5.26 Å². The van der Waals surface area contributed by atoms with Crippen LogP contribution in [0.15, 0.2) is 0 Å². The second kappa shape index (κ2) is 4.34. The summed E-state index contributed by atoms with van der Waals surface area (Å²) in [6.07, 6.45) is 0.987. The molecule has 0 radical (unpaired) electrons. The highest BCUT2D eigenvalue weighted by Gasteiger charge is 2.37. The Morgan fingerprint density at radius 2 is 2.38 bits per heavy atom. The van der Waals surface area contributed by atoms with E-state index in [1.54, 1.807) is 0 Å². The lowest BCUT2D eigenvalue weighted by Gasteiger charge is -2.22. The molecule has 1 rings (SSSR count). The predicted molar refractivity (Wildman–Crippen MR) is 57.7 cm³/mol. The van der Waals surface area contributed by atoms with E-state index < -0.39 is 0 Å². The lowest BCUT2D eigenvalue weighted by molar-refractivity contribution is 0.408. The zero-order chi connectivity index (χ0) is 9.90. The molecule has 1 aliphatic heterocycles. The maximum Gasteiger partial charge on any atom is 0.116 e. The molecule has 0 aromatic heterocycles. The molecule has 0 aliphatic carbocycles. The zero-order valence-corrected chi connectivity index (χ0v) is 9.45. The molecule has 0 bridgehead atoms. The minimum absolute atomic E-state index is 0.242. The van der Waals surface area contributed by atoms with Crippen LogP contribution in [-0.4, -0.2) is 23.1 Å². The number of nitriles is 1. The summed E-state index contributed by atoms with van der Waals surface area (Å²) >= 11 is 1.90. The van der Waals surface area contributed by atoms with Gasteiger partial charge in [-0.05, 0) is 18.9 Å². The van der Waals surface area contributed by atoms with Crippen LogP contribution in [0.4, 0.5) is 0 Å². The van der Waals surface area contributed by atoms with Crippen molar-refractivity contribution in [2.75, 3.05) is 12.3 Å². The van der Waals surface area contributed by atoms with Crippen LogP contribution >= 0.6 is 11.8 Å². The molecule has 2 unspecified atom stereocenters. The van der Waals surface area contributed by atoms with Gasteiger partial charge in [0.15, 0.2) is 0 Å². The van der Waals surface area contributed by atoms with E-state index in [-0.39, 0.29) is 5.54 Å². The van der Waals surface area contributed by atoms with Crippen molar-refractivity contribution in [3.8, 4) is 6.07 Å². The van der Waals surface area contributed by atoms with E-state index in [0.29, 0.717) is 11.2 Å². The van der Waals surface area contributed by atoms with Crippen molar-refractivity contribution >= 4 is 11.8 Å². The third-order valence-electron chi connectivity index (χ3n) is 2.31. The van der Waals surface area contributed by atoms with Crippen LogP contribution in [0.1, 0.15) is 27.2 Å². The van der Waals surface area contributed by atoms with Crippen molar-refractivity contribution in [2.45, 2.75) is 38.0 Å². The van der Waals surface area contributed by atoms with Gasteiger partial charge in [0.25, 0.3) is 0 Å². The highest BCUT2D eigenvalue weighted by molar-refractivity contribution is 8.00. The first kappa shape index (κ1) is 10.9. The van der Waals surface area contributed by atoms with E-state index >= 15 is 0 Å². The molecular weight excluding hydrogens is 180 g/mol. The zero-order valence-electron chi connectivity index (χ0n) is 8.63. The Morgan fingerprint density at radius 3 is 2.77 bits per heavy atom. The van der Waals surface area contributed by atoms with Crippen LogP contribution in [0.2, 0.25) is 0 Å². The molecule has 1 heterocycles. The Bertz CT molecular complexity index is 209. The number of nitrogens with one attached hydrogen (secondary N) is 1. The third-order valence-corrected chi connectivity index (χ3v) is 3.71. The minimum Gasteiger partial charge on any atom is -0.298 e. The monoisotopic (exact) mass is 198 g/mol. The van der Waals surface area contributed by atoms with Crippen molar-refractivity contribution in [1.82, 2.24) is 5.32 Å². The van der Waals surface area contributed by atoms with E-state index in [1.807, 2.05) is 11.8 Å². The van der Waals surface area contributed by atoms with Crippen molar-refractivity contribution in [3.63, 3.8) is 0 Å². The van der Waals surface area contributed by atoms with E-state index in [9.17, 15) is 0 Å². The van der Waals surface area contributed by atoms with Gasteiger partial charge in [-0.3, -0.25) is 5.32 Å². The van der Waals surface area contributed by atoms with Crippen molar-refractivity contribution in [3.05, 3.63) is 0 Å². The summed E-state index contributed by atoms with van der Waals surface area (Å²) < 4.78 is 0. The van der Waals surface area contributed by atoms with Gasteiger partial charge in [0.1, 0.15) is 5.54 Å². The van der Waals surface area contributed by atoms with Gasteiger partial charge >= 0.3 is 0 Å². The molecule has 0 spiro atoms. The maximum atomic E-state index is 9.12. The molecule has 2 nitrogen and oxygen atoms in total. The Morgan fingerprint density at radius 1 is 1.69 bits per heavy atom. The van der Waals surface area contributed by atoms with Crippen LogP contribution in [0.5, 0.6) is 0 Å². The predicted octanol–water partition coefficient (Wildman–Crippen LogP) is 2.02. The van der Waals surface area contributed by atoms with E-state index in [2.05, 4.69) is 32.2 Å². The third kappa shape index (κ3) is 2.89. The molecule has 1 aliphatic rings. The summed E-state index contributed by atoms with van der Waals surface area (Å²) in [5.41, 5.74) is -0.242. The largest absolute Gasteiger partial charge is 0.298 e. The lowest BCUT2D eigenvalue weighted by atomic mass is 9.97. The van der Waals surface area contributed by atoms with Gasteiger partial charge in [0.2, 0.25) is 0 Å². The summed E-state index contributed by atoms with van der Waals surface area (Å²) in [7, 11) is 0. The second-order valence-electron chi connectivity index (χ2n) is 4.29. The van der Waals surface area contributed by atoms with Gasteiger partial charge < -0.3 is 0 Å². The van der Waals surface area contributed by atoms with Gasteiger partial charge in [-0.15, -0.1) is 0 Å². The summed E-state index contributed by atoms with van der Waals surface area (Å²) in [6, 6.07) is 2.43. The molecule has 1 N–H and O–H groups in total. The fourth-order valence-electron chi connectivity index (χ4n) is 1.53. The fourth-order valence-corrected chi connectivity index (χ4v) is 2.79. The average molecular weight is 198 g/mol. The van der Waals surface area contributed by atoms with Crippen LogP contribution < -0.4 is 5.32 Å². The molecule has 1 fully saturated rings.